The fourth-order valence-electron chi connectivity index (χ4n) is 3.42. The second-order valence-electron chi connectivity index (χ2n) is 7.09. The minimum atomic E-state index is 0.307. The zero-order valence-electron chi connectivity index (χ0n) is 15.4. The van der Waals surface area contributed by atoms with Crippen molar-refractivity contribution in [3.63, 3.8) is 0 Å². The fraction of sp³-hybridized carbons (Fsp3) is 0.444. The van der Waals surface area contributed by atoms with E-state index in [4.69, 9.17) is 11.5 Å². The normalized spacial score (nSPS) is 19.9. The standard InChI is InChI=1S/C18H25N9/c1-27-17-15(25-26-27)16(21-10-11-4-2-3-5-14(11)20)23-18(24-17)22-13-8-6-12(19)7-9-13/h2-5,12-13H,6-10,19-20H2,1H3,(H2,21,22,23,24). The van der Waals surface area contributed by atoms with Crippen LogP contribution in [0.1, 0.15) is 31.2 Å². The number of aromatic nitrogens is 5. The number of anilines is 3. The quantitative estimate of drug-likeness (QED) is 0.500. The van der Waals surface area contributed by atoms with Crippen molar-refractivity contribution in [2.45, 2.75) is 44.3 Å². The molecule has 0 spiro atoms. The average molecular weight is 367 g/mol. The maximum absolute atomic E-state index is 6.04. The third-order valence-corrected chi connectivity index (χ3v) is 5.06. The smallest absolute Gasteiger partial charge is 0.227 e. The van der Waals surface area contributed by atoms with Gasteiger partial charge >= 0.3 is 0 Å². The second-order valence-corrected chi connectivity index (χ2v) is 7.09. The molecule has 0 unspecified atom stereocenters. The number of nitrogens with zero attached hydrogens (tertiary/aromatic N) is 5. The van der Waals surface area contributed by atoms with Gasteiger partial charge in [-0.3, -0.25) is 0 Å². The van der Waals surface area contributed by atoms with E-state index in [2.05, 4.69) is 30.9 Å². The van der Waals surface area contributed by atoms with E-state index in [0.717, 1.165) is 36.9 Å². The van der Waals surface area contributed by atoms with E-state index in [1.165, 1.54) is 0 Å². The average Bonchev–Trinajstić information content (AvgIpc) is 3.04. The summed E-state index contributed by atoms with van der Waals surface area (Å²) < 4.78 is 1.65. The number of nitrogens with one attached hydrogen (secondary N) is 2. The first kappa shape index (κ1) is 17.5. The van der Waals surface area contributed by atoms with Crippen LogP contribution in [0, 0.1) is 0 Å². The lowest BCUT2D eigenvalue weighted by Crippen LogP contribution is -2.33. The van der Waals surface area contributed by atoms with Crippen LogP contribution in [0.15, 0.2) is 24.3 Å². The zero-order chi connectivity index (χ0) is 18.8. The maximum Gasteiger partial charge on any atom is 0.227 e. The van der Waals surface area contributed by atoms with Crippen molar-refractivity contribution < 1.29 is 0 Å². The van der Waals surface area contributed by atoms with Gasteiger partial charge < -0.3 is 22.1 Å². The van der Waals surface area contributed by atoms with Gasteiger partial charge in [-0.05, 0) is 37.3 Å². The van der Waals surface area contributed by atoms with Crippen LogP contribution in [0.25, 0.3) is 11.2 Å². The Morgan fingerprint density at radius 3 is 2.70 bits per heavy atom. The molecule has 9 heteroatoms. The molecular formula is C18H25N9. The minimum absolute atomic E-state index is 0.307. The number of benzene rings is 1. The monoisotopic (exact) mass is 367 g/mol. The number of hydrogen-bond donors (Lipinski definition) is 4. The first-order valence-corrected chi connectivity index (χ1v) is 9.27. The van der Waals surface area contributed by atoms with Crippen LogP contribution in [0.2, 0.25) is 0 Å². The molecule has 1 aliphatic rings. The molecule has 0 aliphatic heterocycles. The lowest BCUT2D eigenvalue weighted by Gasteiger charge is -2.26. The molecule has 9 nitrogen and oxygen atoms in total. The summed E-state index contributed by atoms with van der Waals surface area (Å²) in [7, 11) is 1.82. The van der Waals surface area contributed by atoms with Gasteiger partial charge in [-0.1, -0.05) is 23.4 Å². The fourth-order valence-corrected chi connectivity index (χ4v) is 3.42. The predicted molar refractivity (Wildman–Crippen MR) is 106 cm³/mol. The summed E-state index contributed by atoms with van der Waals surface area (Å²) in [5.41, 5.74) is 15.1. The number of nitrogens with two attached hydrogens (primary N) is 2. The number of hydrogen-bond acceptors (Lipinski definition) is 8. The Morgan fingerprint density at radius 2 is 1.93 bits per heavy atom. The molecule has 0 radical (unpaired) electrons. The van der Waals surface area contributed by atoms with Gasteiger partial charge in [0, 0.05) is 31.4 Å². The number of para-hydroxylation sites is 1. The largest absolute Gasteiger partial charge is 0.398 e. The van der Waals surface area contributed by atoms with E-state index in [0.29, 0.717) is 41.6 Å². The van der Waals surface area contributed by atoms with E-state index in [-0.39, 0.29) is 0 Å². The second kappa shape index (κ2) is 7.36. The van der Waals surface area contributed by atoms with Crippen LogP contribution in [0.3, 0.4) is 0 Å². The Hall–Kier alpha value is -2.94. The highest BCUT2D eigenvalue weighted by molar-refractivity contribution is 5.83. The molecule has 1 fully saturated rings. The van der Waals surface area contributed by atoms with Gasteiger partial charge in [-0.2, -0.15) is 9.97 Å². The van der Waals surface area contributed by atoms with Crippen molar-refractivity contribution in [3.05, 3.63) is 29.8 Å². The van der Waals surface area contributed by atoms with Crippen LogP contribution < -0.4 is 22.1 Å². The molecule has 0 atom stereocenters. The Bertz CT molecular complexity index is 928. The molecule has 3 aromatic rings. The van der Waals surface area contributed by atoms with Gasteiger partial charge in [0.1, 0.15) is 0 Å². The molecule has 0 bridgehead atoms. The molecule has 0 amide bonds. The Kier molecular flexibility index (Phi) is 4.76. The summed E-state index contributed by atoms with van der Waals surface area (Å²) in [6, 6.07) is 8.40. The first-order valence-electron chi connectivity index (χ1n) is 9.27. The van der Waals surface area contributed by atoms with E-state index < -0.39 is 0 Å². The third-order valence-electron chi connectivity index (χ3n) is 5.06. The molecular weight excluding hydrogens is 342 g/mol. The summed E-state index contributed by atoms with van der Waals surface area (Å²) in [6.07, 6.45) is 4.09. The van der Waals surface area contributed by atoms with E-state index in [9.17, 15) is 0 Å². The van der Waals surface area contributed by atoms with Crippen LogP contribution in [0.4, 0.5) is 17.5 Å². The van der Waals surface area contributed by atoms with Gasteiger partial charge in [0.05, 0.1) is 0 Å². The molecule has 1 aromatic carbocycles. The molecule has 2 aromatic heterocycles. The topological polar surface area (TPSA) is 133 Å². The van der Waals surface area contributed by atoms with Crippen molar-refractivity contribution in [3.8, 4) is 0 Å². The SMILES string of the molecule is Cn1nnc2c(NCc3ccccc3N)nc(NC3CCC(N)CC3)nc21. The molecule has 1 aliphatic carbocycles. The summed E-state index contributed by atoms with van der Waals surface area (Å²) in [5.74, 6) is 1.23. The number of rotatable bonds is 5. The number of nitrogen functional groups attached to an aromatic ring is 1. The summed E-state index contributed by atoms with van der Waals surface area (Å²) >= 11 is 0. The molecule has 6 N–H and O–H groups in total. The molecule has 0 saturated heterocycles. The van der Waals surface area contributed by atoms with Crippen LogP contribution in [0.5, 0.6) is 0 Å². The van der Waals surface area contributed by atoms with Crippen molar-refractivity contribution in [1.82, 2.24) is 25.0 Å². The van der Waals surface area contributed by atoms with E-state index in [1.807, 2.05) is 31.3 Å². The highest BCUT2D eigenvalue weighted by Gasteiger charge is 2.20. The van der Waals surface area contributed by atoms with Crippen molar-refractivity contribution in [2.24, 2.45) is 12.8 Å². The van der Waals surface area contributed by atoms with Gasteiger partial charge in [0.2, 0.25) is 5.95 Å². The van der Waals surface area contributed by atoms with Crippen molar-refractivity contribution in [2.75, 3.05) is 16.4 Å². The number of aryl methyl sites for hydroxylation is 1. The van der Waals surface area contributed by atoms with Gasteiger partial charge in [-0.25, -0.2) is 4.68 Å². The van der Waals surface area contributed by atoms with Gasteiger partial charge in [-0.15, -0.1) is 5.10 Å². The van der Waals surface area contributed by atoms with Crippen molar-refractivity contribution >= 4 is 28.6 Å². The maximum atomic E-state index is 6.04. The third kappa shape index (κ3) is 3.77. The first-order chi connectivity index (χ1) is 13.1. The minimum Gasteiger partial charge on any atom is -0.398 e. The molecule has 142 valence electrons. The molecule has 2 heterocycles. The summed E-state index contributed by atoms with van der Waals surface area (Å²) in [5, 5.41) is 15.1. The van der Waals surface area contributed by atoms with Crippen LogP contribution in [-0.4, -0.2) is 37.0 Å². The highest BCUT2D eigenvalue weighted by atomic mass is 15.4. The zero-order valence-corrected chi connectivity index (χ0v) is 15.4. The lowest BCUT2D eigenvalue weighted by molar-refractivity contribution is 0.410. The Morgan fingerprint density at radius 1 is 1.15 bits per heavy atom. The summed E-state index contributed by atoms with van der Waals surface area (Å²) in [4.78, 5) is 9.25. The van der Waals surface area contributed by atoms with Crippen LogP contribution in [-0.2, 0) is 13.6 Å². The highest BCUT2D eigenvalue weighted by Crippen LogP contribution is 2.24. The van der Waals surface area contributed by atoms with Crippen LogP contribution >= 0.6 is 0 Å². The van der Waals surface area contributed by atoms with Gasteiger partial charge in [0.25, 0.3) is 0 Å². The Labute approximate surface area is 157 Å². The molecule has 27 heavy (non-hydrogen) atoms. The predicted octanol–water partition coefficient (Wildman–Crippen LogP) is 1.63. The Balaban J connectivity index is 1.58. The number of fused-ring (bicyclic) bond motifs is 1. The van der Waals surface area contributed by atoms with E-state index >= 15 is 0 Å². The lowest BCUT2D eigenvalue weighted by atomic mass is 9.92. The van der Waals surface area contributed by atoms with Crippen molar-refractivity contribution in [1.29, 1.82) is 0 Å². The molecule has 4 rings (SSSR count). The van der Waals surface area contributed by atoms with Gasteiger partial charge in [0.15, 0.2) is 17.0 Å². The summed E-state index contributed by atoms with van der Waals surface area (Å²) in [6.45, 7) is 0.549. The molecule has 1 saturated carbocycles. The van der Waals surface area contributed by atoms with E-state index in [1.54, 1.807) is 4.68 Å².